The topological polar surface area (TPSA) is 0 Å². The molecule has 0 nitrogen and oxygen atoms in total. The highest BCUT2D eigenvalue weighted by Gasteiger charge is 2.61. The Morgan fingerprint density at radius 1 is 1.13 bits per heavy atom. The molecule has 4 atom stereocenters. The molecule has 0 heterocycles. The van der Waals surface area contributed by atoms with Gasteiger partial charge in [-0.3, -0.25) is 0 Å². The second-order valence-electron chi connectivity index (χ2n) is 7.14. The standard InChI is InChI=1S/C15H24/c1-10-11-6-7-12-13(10)14(2,3)8-5-9-15(11,12)4/h11-13H,1,5-9H2,2-4H3/t11?,12?,13?,15-/m0/s1. The van der Waals surface area contributed by atoms with Gasteiger partial charge in [-0.15, -0.1) is 0 Å². The summed E-state index contributed by atoms with van der Waals surface area (Å²) in [5, 5.41) is 0. The molecule has 15 heavy (non-hydrogen) atoms. The van der Waals surface area contributed by atoms with E-state index >= 15 is 0 Å². The van der Waals surface area contributed by atoms with E-state index in [1.165, 1.54) is 32.1 Å². The van der Waals surface area contributed by atoms with Crippen LogP contribution in [0.1, 0.15) is 52.9 Å². The van der Waals surface area contributed by atoms with Crippen LogP contribution in [0.2, 0.25) is 0 Å². The van der Waals surface area contributed by atoms with Crippen LogP contribution < -0.4 is 0 Å². The number of rotatable bonds is 0. The molecule has 3 aliphatic carbocycles. The van der Waals surface area contributed by atoms with Crippen molar-refractivity contribution >= 4 is 0 Å². The van der Waals surface area contributed by atoms with E-state index in [4.69, 9.17) is 0 Å². The molecule has 3 fully saturated rings. The van der Waals surface area contributed by atoms with Crippen molar-refractivity contribution in [1.29, 1.82) is 0 Å². The Morgan fingerprint density at radius 2 is 1.87 bits per heavy atom. The molecule has 3 rings (SSSR count). The van der Waals surface area contributed by atoms with Gasteiger partial charge in [0.15, 0.2) is 0 Å². The van der Waals surface area contributed by atoms with E-state index in [1.807, 2.05) is 0 Å². The molecule has 0 radical (unpaired) electrons. The molecule has 0 spiro atoms. The van der Waals surface area contributed by atoms with Crippen LogP contribution in [-0.4, -0.2) is 0 Å². The fraction of sp³-hybridized carbons (Fsp3) is 0.867. The molecule has 0 aromatic carbocycles. The molecule has 3 saturated carbocycles. The lowest BCUT2D eigenvalue weighted by molar-refractivity contribution is 0.153. The molecule has 0 aromatic rings. The minimum Gasteiger partial charge on any atom is -0.0992 e. The summed E-state index contributed by atoms with van der Waals surface area (Å²) in [7, 11) is 0. The van der Waals surface area contributed by atoms with Gasteiger partial charge in [-0.25, -0.2) is 0 Å². The van der Waals surface area contributed by atoms with Crippen molar-refractivity contribution in [3.63, 3.8) is 0 Å². The highest BCUT2D eigenvalue weighted by molar-refractivity contribution is 5.28. The zero-order valence-corrected chi connectivity index (χ0v) is 10.5. The maximum atomic E-state index is 4.46. The van der Waals surface area contributed by atoms with Crippen molar-refractivity contribution in [3.8, 4) is 0 Å². The predicted octanol–water partition coefficient (Wildman–Crippen LogP) is 4.42. The average molecular weight is 204 g/mol. The largest absolute Gasteiger partial charge is 0.0992 e. The summed E-state index contributed by atoms with van der Waals surface area (Å²) in [6.07, 6.45) is 7.23. The Morgan fingerprint density at radius 3 is 2.60 bits per heavy atom. The molecule has 3 unspecified atom stereocenters. The van der Waals surface area contributed by atoms with Crippen molar-refractivity contribution < 1.29 is 0 Å². The smallest absolute Gasteiger partial charge is 0.0118 e. The van der Waals surface area contributed by atoms with E-state index < -0.39 is 0 Å². The van der Waals surface area contributed by atoms with Crippen molar-refractivity contribution in [2.24, 2.45) is 28.6 Å². The summed E-state index contributed by atoms with van der Waals surface area (Å²) in [6, 6.07) is 0. The van der Waals surface area contributed by atoms with Gasteiger partial charge in [0.25, 0.3) is 0 Å². The molecule has 4 bridgehead atoms. The Hall–Kier alpha value is -0.260. The number of allylic oxidation sites excluding steroid dienone is 1. The first-order valence-electron chi connectivity index (χ1n) is 6.65. The highest BCUT2D eigenvalue weighted by Crippen LogP contribution is 2.70. The molecule has 0 N–H and O–H groups in total. The van der Waals surface area contributed by atoms with Crippen LogP contribution in [0.4, 0.5) is 0 Å². The summed E-state index contributed by atoms with van der Waals surface area (Å²) in [6.45, 7) is 12.0. The quantitative estimate of drug-likeness (QED) is 0.513. The van der Waals surface area contributed by atoms with E-state index in [-0.39, 0.29) is 0 Å². The molecule has 0 saturated heterocycles. The van der Waals surface area contributed by atoms with Gasteiger partial charge in [0.2, 0.25) is 0 Å². The number of hydrogen-bond donors (Lipinski definition) is 0. The minimum atomic E-state index is 0.522. The van der Waals surface area contributed by atoms with Gasteiger partial charge in [0.05, 0.1) is 0 Å². The summed E-state index contributed by atoms with van der Waals surface area (Å²) in [5.41, 5.74) is 2.78. The van der Waals surface area contributed by atoms with E-state index in [0.717, 1.165) is 17.8 Å². The summed E-state index contributed by atoms with van der Waals surface area (Å²) < 4.78 is 0. The van der Waals surface area contributed by atoms with E-state index in [0.29, 0.717) is 10.8 Å². The first-order chi connectivity index (χ1) is 6.97. The first kappa shape index (κ1) is 9.93. The van der Waals surface area contributed by atoms with Crippen molar-refractivity contribution in [2.75, 3.05) is 0 Å². The second-order valence-corrected chi connectivity index (χ2v) is 7.14. The minimum absolute atomic E-state index is 0.522. The Bertz CT molecular complexity index is 312. The molecule has 0 aliphatic heterocycles. The molecule has 0 amide bonds. The van der Waals surface area contributed by atoms with Gasteiger partial charge in [-0.1, -0.05) is 39.3 Å². The molecule has 0 heteroatoms. The molecule has 0 aromatic heterocycles. The SMILES string of the molecule is C=C1C2C3CCC1[C@]3(C)CCCC2(C)C. The van der Waals surface area contributed by atoms with Gasteiger partial charge in [0, 0.05) is 0 Å². The van der Waals surface area contributed by atoms with Crippen LogP contribution >= 0.6 is 0 Å². The van der Waals surface area contributed by atoms with Crippen LogP contribution in [0.25, 0.3) is 0 Å². The van der Waals surface area contributed by atoms with E-state index in [2.05, 4.69) is 27.4 Å². The zero-order chi connectivity index (χ0) is 10.8. The fourth-order valence-electron chi connectivity index (χ4n) is 5.38. The molecular weight excluding hydrogens is 180 g/mol. The lowest BCUT2D eigenvalue weighted by atomic mass is 9.67. The maximum absolute atomic E-state index is 4.46. The number of hydrogen-bond acceptors (Lipinski definition) is 0. The average Bonchev–Trinajstić information content (AvgIpc) is 2.50. The lowest BCUT2D eigenvalue weighted by Gasteiger charge is -2.38. The van der Waals surface area contributed by atoms with Gasteiger partial charge in [-0.2, -0.15) is 0 Å². The Kier molecular flexibility index (Phi) is 1.79. The normalized spacial score (nSPS) is 51.9. The van der Waals surface area contributed by atoms with Crippen LogP contribution in [-0.2, 0) is 0 Å². The highest BCUT2D eigenvalue weighted by atomic mass is 14.7. The van der Waals surface area contributed by atoms with Crippen molar-refractivity contribution in [3.05, 3.63) is 12.2 Å². The summed E-state index contributed by atoms with van der Waals surface area (Å²) in [4.78, 5) is 0. The van der Waals surface area contributed by atoms with Crippen LogP contribution in [0.15, 0.2) is 12.2 Å². The van der Waals surface area contributed by atoms with Crippen LogP contribution in [0.3, 0.4) is 0 Å². The van der Waals surface area contributed by atoms with Crippen molar-refractivity contribution in [1.82, 2.24) is 0 Å². The van der Waals surface area contributed by atoms with E-state index in [1.54, 1.807) is 5.57 Å². The Balaban J connectivity index is 2.10. The monoisotopic (exact) mass is 204 g/mol. The van der Waals surface area contributed by atoms with Gasteiger partial charge in [0.1, 0.15) is 0 Å². The molecular formula is C15H24. The first-order valence-corrected chi connectivity index (χ1v) is 6.65. The third kappa shape index (κ3) is 1.04. The lowest BCUT2D eigenvalue weighted by Crippen LogP contribution is -2.29. The fourth-order valence-corrected chi connectivity index (χ4v) is 5.38. The second kappa shape index (κ2) is 2.70. The Labute approximate surface area is 94.1 Å². The van der Waals surface area contributed by atoms with E-state index in [9.17, 15) is 0 Å². The summed E-state index contributed by atoms with van der Waals surface area (Å²) >= 11 is 0. The van der Waals surface area contributed by atoms with Crippen molar-refractivity contribution in [2.45, 2.75) is 52.9 Å². The summed E-state index contributed by atoms with van der Waals surface area (Å²) in [5.74, 6) is 2.67. The third-order valence-corrected chi connectivity index (χ3v) is 6.04. The van der Waals surface area contributed by atoms with Gasteiger partial charge < -0.3 is 0 Å². The molecule has 3 aliphatic rings. The zero-order valence-electron chi connectivity index (χ0n) is 10.5. The molecule has 84 valence electrons. The van der Waals surface area contributed by atoms with Crippen LogP contribution in [0, 0.1) is 28.6 Å². The predicted molar refractivity (Wildman–Crippen MR) is 64.6 cm³/mol. The van der Waals surface area contributed by atoms with Gasteiger partial charge in [-0.05, 0) is 54.3 Å². The van der Waals surface area contributed by atoms with Gasteiger partial charge >= 0.3 is 0 Å². The van der Waals surface area contributed by atoms with Crippen LogP contribution in [0.5, 0.6) is 0 Å². The maximum Gasteiger partial charge on any atom is -0.0118 e. The third-order valence-electron chi connectivity index (χ3n) is 6.04.